The van der Waals surface area contributed by atoms with Crippen LogP contribution in [0.15, 0.2) is 17.2 Å². The van der Waals surface area contributed by atoms with Crippen molar-refractivity contribution >= 4 is 17.3 Å². The molecule has 4 nitrogen and oxygen atoms in total. The number of aryl methyl sites for hydroxylation is 1. The predicted octanol–water partition coefficient (Wildman–Crippen LogP) is 2.39. The van der Waals surface area contributed by atoms with Crippen LogP contribution >= 0.6 is 11.3 Å². The number of aromatic nitrogens is 1. The summed E-state index contributed by atoms with van der Waals surface area (Å²) in [6.45, 7) is 5.55. The minimum absolute atomic E-state index is 0.236. The maximum absolute atomic E-state index is 11.4. The van der Waals surface area contributed by atoms with Gasteiger partial charge in [0, 0.05) is 23.5 Å². The highest BCUT2D eigenvalue weighted by molar-refractivity contribution is 7.09. The number of thiazole rings is 1. The second kappa shape index (κ2) is 7.28. The lowest BCUT2D eigenvalue weighted by Crippen LogP contribution is -2.18. The Hall–Kier alpha value is -1.20. The van der Waals surface area contributed by atoms with E-state index in [-0.39, 0.29) is 5.97 Å². The molecule has 0 amide bonds. The van der Waals surface area contributed by atoms with Crippen molar-refractivity contribution in [2.24, 2.45) is 0 Å². The number of esters is 1. The van der Waals surface area contributed by atoms with Gasteiger partial charge in [0.1, 0.15) is 0 Å². The Labute approximate surface area is 112 Å². The fraction of sp³-hybridized carbons (Fsp3) is 0.538. The summed E-state index contributed by atoms with van der Waals surface area (Å²) in [7, 11) is 3.44. The molecule has 0 saturated carbocycles. The first kappa shape index (κ1) is 14.9. The standard InChI is InChI=1S/C13H20N2O2S/c1-5-11(13(16)17-4)6-7-15(3)8-12-10(2)14-9-18-12/h6,9H,5,7-8H2,1-4H3. The second-order valence-electron chi connectivity index (χ2n) is 4.13. The van der Waals surface area contributed by atoms with Crippen molar-refractivity contribution < 1.29 is 9.53 Å². The molecule has 1 rings (SSSR count). The smallest absolute Gasteiger partial charge is 0.333 e. The maximum atomic E-state index is 11.4. The Morgan fingerprint density at radius 2 is 2.33 bits per heavy atom. The Morgan fingerprint density at radius 1 is 1.61 bits per heavy atom. The Kier molecular flexibility index (Phi) is 6.01. The largest absolute Gasteiger partial charge is 0.466 e. The highest BCUT2D eigenvalue weighted by atomic mass is 32.1. The molecule has 0 fully saturated rings. The molecular formula is C13H20N2O2S. The van der Waals surface area contributed by atoms with Gasteiger partial charge in [-0.2, -0.15) is 0 Å². The zero-order valence-corrected chi connectivity index (χ0v) is 12.2. The number of ether oxygens (including phenoxy) is 1. The summed E-state index contributed by atoms with van der Waals surface area (Å²) >= 11 is 1.66. The molecule has 0 N–H and O–H groups in total. The summed E-state index contributed by atoms with van der Waals surface area (Å²) in [6, 6.07) is 0. The third-order valence-corrected chi connectivity index (χ3v) is 3.66. The molecule has 0 aromatic carbocycles. The van der Waals surface area contributed by atoms with E-state index >= 15 is 0 Å². The second-order valence-corrected chi connectivity index (χ2v) is 5.07. The van der Waals surface area contributed by atoms with Crippen LogP contribution in [-0.4, -0.2) is 36.6 Å². The van der Waals surface area contributed by atoms with E-state index in [0.717, 1.165) is 24.4 Å². The summed E-state index contributed by atoms with van der Waals surface area (Å²) in [5, 5.41) is 0. The maximum Gasteiger partial charge on any atom is 0.333 e. The lowest BCUT2D eigenvalue weighted by molar-refractivity contribution is -0.136. The molecule has 100 valence electrons. The zero-order valence-electron chi connectivity index (χ0n) is 11.4. The summed E-state index contributed by atoms with van der Waals surface area (Å²) in [4.78, 5) is 19.1. The zero-order chi connectivity index (χ0) is 13.5. The molecule has 0 aliphatic heterocycles. The first-order valence-electron chi connectivity index (χ1n) is 5.93. The molecule has 0 aliphatic carbocycles. The van der Waals surface area contributed by atoms with E-state index < -0.39 is 0 Å². The van der Waals surface area contributed by atoms with Crippen LogP contribution < -0.4 is 0 Å². The van der Waals surface area contributed by atoms with Gasteiger partial charge in [0.05, 0.1) is 18.3 Å². The number of carbonyl (C=O) groups is 1. The van der Waals surface area contributed by atoms with E-state index in [1.165, 1.54) is 12.0 Å². The molecular weight excluding hydrogens is 248 g/mol. The van der Waals surface area contributed by atoms with E-state index in [0.29, 0.717) is 6.42 Å². The van der Waals surface area contributed by atoms with Crippen LogP contribution in [0.1, 0.15) is 23.9 Å². The van der Waals surface area contributed by atoms with Crippen LogP contribution in [-0.2, 0) is 16.1 Å². The number of nitrogens with zero attached hydrogens (tertiary/aromatic N) is 2. The summed E-state index contributed by atoms with van der Waals surface area (Å²) < 4.78 is 4.73. The van der Waals surface area contributed by atoms with Crippen LogP contribution in [0, 0.1) is 6.92 Å². The molecule has 1 aromatic heterocycles. The van der Waals surface area contributed by atoms with Crippen molar-refractivity contribution in [1.29, 1.82) is 0 Å². The third kappa shape index (κ3) is 4.23. The van der Waals surface area contributed by atoms with Crippen LogP contribution in [0.25, 0.3) is 0 Å². The van der Waals surface area contributed by atoms with Crippen LogP contribution in [0.3, 0.4) is 0 Å². The molecule has 0 aliphatic rings. The molecule has 1 heterocycles. The molecule has 0 bridgehead atoms. The molecule has 0 spiro atoms. The van der Waals surface area contributed by atoms with E-state index in [1.807, 2.05) is 32.5 Å². The van der Waals surface area contributed by atoms with Gasteiger partial charge >= 0.3 is 5.97 Å². The van der Waals surface area contributed by atoms with E-state index in [4.69, 9.17) is 4.74 Å². The first-order valence-corrected chi connectivity index (χ1v) is 6.81. The van der Waals surface area contributed by atoms with Gasteiger partial charge in [0.25, 0.3) is 0 Å². The van der Waals surface area contributed by atoms with Gasteiger partial charge in [-0.1, -0.05) is 13.0 Å². The SMILES string of the molecule is CCC(=CCN(C)Cc1scnc1C)C(=O)OC. The monoisotopic (exact) mass is 268 g/mol. The van der Waals surface area contributed by atoms with Crippen molar-refractivity contribution in [2.45, 2.75) is 26.8 Å². The number of rotatable bonds is 6. The van der Waals surface area contributed by atoms with E-state index in [2.05, 4.69) is 9.88 Å². The van der Waals surface area contributed by atoms with Crippen molar-refractivity contribution in [3.05, 3.63) is 27.7 Å². The Bertz CT molecular complexity index is 426. The average Bonchev–Trinajstić information content (AvgIpc) is 2.75. The Morgan fingerprint density at radius 3 is 2.83 bits per heavy atom. The van der Waals surface area contributed by atoms with Crippen LogP contribution in [0.4, 0.5) is 0 Å². The fourth-order valence-corrected chi connectivity index (χ4v) is 2.41. The van der Waals surface area contributed by atoms with Crippen molar-refractivity contribution in [2.75, 3.05) is 20.7 Å². The minimum atomic E-state index is -0.236. The summed E-state index contributed by atoms with van der Waals surface area (Å²) in [5.74, 6) is -0.236. The highest BCUT2D eigenvalue weighted by Gasteiger charge is 2.08. The van der Waals surface area contributed by atoms with Crippen molar-refractivity contribution in [1.82, 2.24) is 9.88 Å². The minimum Gasteiger partial charge on any atom is -0.466 e. The van der Waals surface area contributed by atoms with Crippen molar-refractivity contribution in [3.63, 3.8) is 0 Å². The van der Waals surface area contributed by atoms with Gasteiger partial charge in [-0.05, 0) is 20.4 Å². The van der Waals surface area contributed by atoms with E-state index in [1.54, 1.807) is 11.3 Å². The van der Waals surface area contributed by atoms with Gasteiger partial charge in [0.15, 0.2) is 0 Å². The Balaban J connectivity index is 2.54. The van der Waals surface area contributed by atoms with Gasteiger partial charge in [-0.15, -0.1) is 11.3 Å². The molecule has 0 radical (unpaired) electrons. The topological polar surface area (TPSA) is 42.4 Å². The predicted molar refractivity (Wildman–Crippen MR) is 73.6 cm³/mol. The molecule has 1 aromatic rings. The van der Waals surface area contributed by atoms with Crippen molar-refractivity contribution in [3.8, 4) is 0 Å². The molecule has 18 heavy (non-hydrogen) atoms. The van der Waals surface area contributed by atoms with Gasteiger partial charge < -0.3 is 4.74 Å². The summed E-state index contributed by atoms with van der Waals surface area (Å²) in [6.07, 6.45) is 2.63. The molecule has 5 heteroatoms. The van der Waals surface area contributed by atoms with Gasteiger partial charge in [-0.25, -0.2) is 9.78 Å². The average molecular weight is 268 g/mol. The number of methoxy groups -OCH3 is 1. The highest BCUT2D eigenvalue weighted by Crippen LogP contribution is 2.14. The lowest BCUT2D eigenvalue weighted by Gasteiger charge is -2.14. The number of likely N-dealkylation sites (N-methyl/N-ethyl adjacent to an activating group) is 1. The van der Waals surface area contributed by atoms with Crippen LogP contribution in [0.2, 0.25) is 0 Å². The van der Waals surface area contributed by atoms with Crippen LogP contribution in [0.5, 0.6) is 0 Å². The fourth-order valence-electron chi connectivity index (χ4n) is 1.56. The number of hydrogen-bond donors (Lipinski definition) is 0. The van der Waals surface area contributed by atoms with E-state index in [9.17, 15) is 4.79 Å². The molecule has 0 unspecified atom stereocenters. The van der Waals surface area contributed by atoms with Gasteiger partial charge in [-0.3, -0.25) is 4.90 Å². The number of hydrogen-bond acceptors (Lipinski definition) is 5. The lowest BCUT2D eigenvalue weighted by atomic mass is 10.2. The molecule has 0 saturated heterocycles. The first-order chi connectivity index (χ1) is 8.58. The van der Waals surface area contributed by atoms with Gasteiger partial charge in [0.2, 0.25) is 0 Å². The number of carbonyl (C=O) groups excluding carboxylic acids is 1. The summed E-state index contributed by atoms with van der Waals surface area (Å²) in [5.41, 5.74) is 3.67. The normalized spacial score (nSPS) is 11.9. The quantitative estimate of drug-likeness (QED) is 0.587. The third-order valence-electron chi connectivity index (χ3n) is 2.74. The molecule has 0 atom stereocenters.